The van der Waals surface area contributed by atoms with E-state index in [2.05, 4.69) is 66.0 Å². The fraction of sp³-hybridized carbons (Fsp3) is 0.323. The highest BCUT2D eigenvalue weighted by Crippen LogP contribution is 2.57. The van der Waals surface area contributed by atoms with E-state index in [-0.39, 0.29) is 11.4 Å². The molecule has 1 N–H and O–H groups in total. The van der Waals surface area contributed by atoms with Crippen LogP contribution in [0.4, 0.5) is 4.39 Å². The molecule has 2 unspecified atom stereocenters. The van der Waals surface area contributed by atoms with E-state index >= 15 is 0 Å². The van der Waals surface area contributed by atoms with Crippen molar-refractivity contribution in [1.29, 1.82) is 0 Å². The molecular formula is C31H29Cl2FN4. The van der Waals surface area contributed by atoms with E-state index in [9.17, 15) is 4.39 Å². The van der Waals surface area contributed by atoms with Gasteiger partial charge in [-0.3, -0.25) is 4.90 Å². The van der Waals surface area contributed by atoms with Gasteiger partial charge >= 0.3 is 0 Å². The average molecular weight is 548 g/mol. The first-order chi connectivity index (χ1) is 18.2. The molecular weight excluding hydrogens is 518 g/mol. The number of nitrogens with zero attached hydrogens (tertiary/aromatic N) is 3. The summed E-state index contributed by atoms with van der Waals surface area (Å²) in [5.74, 6) is -0.261. The van der Waals surface area contributed by atoms with Crippen molar-refractivity contribution in [2.24, 2.45) is 0 Å². The van der Waals surface area contributed by atoms with Crippen LogP contribution in [0.3, 0.4) is 0 Å². The Morgan fingerprint density at radius 2 is 1.92 bits per heavy atom. The first kappa shape index (κ1) is 24.2. The normalized spacial score (nSPS) is 25.3. The Balaban J connectivity index is 1.43. The van der Waals surface area contributed by atoms with Crippen molar-refractivity contribution in [3.63, 3.8) is 0 Å². The van der Waals surface area contributed by atoms with E-state index in [1.807, 2.05) is 6.20 Å². The summed E-state index contributed by atoms with van der Waals surface area (Å²) in [5.41, 5.74) is 9.65. The van der Waals surface area contributed by atoms with E-state index in [1.54, 1.807) is 12.1 Å². The minimum Gasteiger partial charge on any atom is -0.377 e. The first-order valence-corrected chi connectivity index (χ1v) is 14.0. The fourth-order valence-electron chi connectivity index (χ4n) is 6.90. The molecule has 7 rings (SSSR count). The van der Waals surface area contributed by atoms with Gasteiger partial charge in [-0.15, -0.1) is 0 Å². The second-order valence-electron chi connectivity index (χ2n) is 11.2. The van der Waals surface area contributed by atoms with Crippen molar-refractivity contribution in [3.8, 4) is 5.69 Å². The number of rotatable bonds is 3. The number of aromatic nitrogens is 2. The van der Waals surface area contributed by atoms with Gasteiger partial charge in [0.25, 0.3) is 0 Å². The highest BCUT2D eigenvalue weighted by molar-refractivity contribution is 6.33. The topological polar surface area (TPSA) is 33.1 Å². The minimum atomic E-state index is -0.408. The first-order valence-electron chi connectivity index (χ1n) is 13.2. The number of para-hydroxylation sites is 1. The molecule has 3 aromatic rings. The van der Waals surface area contributed by atoms with Crippen molar-refractivity contribution in [2.75, 3.05) is 6.54 Å². The molecule has 1 aromatic heterocycles. The van der Waals surface area contributed by atoms with Crippen LogP contribution in [0.25, 0.3) is 11.3 Å². The maximum atomic E-state index is 14.0. The third-order valence-corrected chi connectivity index (χ3v) is 9.43. The summed E-state index contributed by atoms with van der Waals surface area (Å²) in [6.45, 7) is 8.85. The average Bonchev–Trinajstić information content (AvgIpc) is 3.43. The monoisotopic (exact) mass is 546 g/mol. The molecule has 38 heavy (non-hydrogen) atoms. The maximum Gasteiger partial charge on any atom is 0.123 e. The summed E-state index contributed by atoms with van der Waals surface area (Å²) in [4.78, 5) is 2.35. The van der Waals surface area contributed by atoms with Gasteiger partial charge in [0.05, 0.1) is 33.1 Å². The number of hydrogen-bond donors (Lipinski definition) is 1. The SMILES string of the molecule is CCc1cccc2c1-n1nc3c(c1C1(C)C=CC4(C)NC=C(Cl)C4=C21)CN(Cc1cc(F)ccc1Cl)CC3. The van der Waals surface area contributed by atoms with Crippen molar-refractivity contribution in [1.82, 2.24) is 20.0 Å². The Morgan fingerprint density at radius 1 is 1.08 bits per heavy atom. The van der Waals surface area contributed by atoms with Gasteiger partial charge in [0.2, 0.25) is 0 Å². The van der Waals surface area contributed by atoms with Crippen LogP contribution in [0.15, 0.2) is 65.4 Å². The molecule has 0 fully saturated rings. The van der Waals surface area contributed by atoms with Crippen LogP contribution in [-0.4, -0.2) is 26.8 Å². The number of fused-ring (bicyclic) bond motifs is 9. The molecule has 4 aliphatic rings. The van der Waals surface area contributed by atoms with Crippen molar-refractivity contribution in [3.05, 3.63) is 110 Å². The van der Waals surface area contributed by atoms with E-state index < -0.39 is 5.41 Å². The Labute approximate surface area is 232 Å². The fourth-order valence-corrected chi connectivity index (χ4v) is 7.42. The number of nitrogens with one attached hydrogen (secondary N) is 1. The van der Waals surface area contributed by atoms with Gasteiger partial charge in [-0.2, -0.15) is 5.10 Å². The second kappa shape index (κ2) is 8.32. The quantitative estimate of drug-likeness (QED) is 0.366. The van der Waals surface area contributed by atoms with Crippen LogP contribution in [0, 0.1) is 5.82 Å². The number of hydrogen-bond acceptors (Lipinski definition) is 3. The van der Waals surface area contributed by atoms with E-state index in [1.165, 1.54) is 34.0 Å². The lowest BCUT2D eigenvalue weighted by Gasteiger charge is -2.44. The van der Waals surface area contributed by atoms with Crippen LogP contribution in [0.2, 0.25) is 5.02 Å². The lowest BCUT2D eigenvalue weighted by Crippen LogP contribution is -2.44. The molecule has 2 aromatic carbocycles. The molecule has 1 aliphatic carbocycles. The Hall–Kier alpha value is -2.86. The number of aryl methyl sites for hydroxylation is 1. The van der Waals surface area contributed by atoms with E-state index in [4.69, 9.17) is 28.3 Å². The Morgan fingerprint density at radius 3 is 2.74 bits per heavy atom. The van der Waals surface area contributed by atoms with Gasteiger partial charge in [-0.1, -0.05) is 60.5 Å². The Bertz CT molecular complexity index is 1620. The van der Waals surface area contributed by atoms with Crippen molar-refractivity contribution in [2.45, 2.75) is 57.7 Å². The predicted molar refractivity (Wildman–Crippen MR) is 151 cm³/mol. The summed E-state index contributed by atoms with van der Waals surface area (Å²) < 4.78 is 16.2. The molecule has 4 nitrogen and oxygen atoms in total. The number of allylic oxidation sites excluding steroid dienone is 2. The molecule has 0 saturated heterocycles. The minimum absolute atomic E-state index is 0.261. The van der Waals surface area contributed by atoms with Gasteiger partial charge < -0.3 is 5.32 Å². The van der Waals surface area contributed by atoms with E-state index in [0.717, 1.165) is 53.5 Å². The zero-order chi connectivity index (χ0) is 26.4. The van der Waals surface area contributed by atoms with Crippen molar-refractivity contribution < 1.29 is 4.39 Å². The summed E-state index contributed by atoms with van der Waals surface area (Å²) in [7, 11) is 0. The second-order valence-corrected chi connectivity index (χ2v) is 12.0. The van der Waals surface area contributed by atoms with Gasteiger partial charge in [0, 0.05) is 54.0 Å². The summed E-state index contributed by atoms with van der Waals surface area (Å²) in [5, 5.41) is 10.1. The highest BCUT2D eigenvalue weighted by Gasteiger charge is 2.50. The zero-order valence-corrected chi connectivity index (χ0v) is 23.2. The highest BCUT2D eigenvalue weighted by atomic mass is 35.5. The van der Waals surface area contributed by atoms with Crippen LogP contribution >= 0.6 is 23.2 Å². The third-order valence-electron chi connectivity index (χ3n) is 8.76. The Kier molecular flexibility index (Phi) is 5.30. The predicted octanol–water partition coefficient (Wildman–Crippen LogP) is 6.82. The van der Waals surface area contributed by atoms with Crippen molar-refractivity contribution >= 4 is 28.8 Å². The molecule has 0 saturated carbocycles. The van der Waals surface area contributed by atoms with Crippen LogP contribution in [-0.2, 0) is 31.3 Å². The molecule has 0 spiro atoms. The largest absolute Gasteiger partial charge is 0.377 e. The molecule has 4 heterocycles. The van der Waals surface area contributed by atoms with Gasteiger partial charge in [-0.05, 0) is 55.2 Å². The lowest BCUT2D eigenvalue weighted by atomic mass is 9.63. The smallest absolute Gasteiger partial charge is 0.123 e. The van der Waals surface area contributed by atoms with Crippen LogP contribution < -0.4 is 5.32 Å². The summed E-state index contributed by atoms with van der Waals surface area (Å²) >= 11 is 13.4. The zero-order valence-electron chi connectivity index (χ0n) is 21.7. The third kappa shape index (κ3) is 3.28. The summed E-state index contributed by atoms with van der Waals surface area (Å²) in [6.07, 6.45) is 8.25. The molecule has 0 amide bonds. The van der Waals surface area contributed by atoms with Gasteiger partial charge in [0.15, 0.2) is 0 Å². The van der Waals surface area contributed by atoms with Gasteiger partial charge in [0.1, 0.15) is 5.82 Å². The van der Waals surface area contributed by atoms with Crippen LogP contribution in [0.1, 0.15) is 54.4 Å². The standard InChI is InChI=1S/C31H29Cl2FN4/c1-4-18-6-5-7-21-26-27-24(33)15-35-31(27,3)12-11-30(26,2)29-22-17-37(13-10-25(22)36-38(29)28(18)21)16-19-14-20(34)8-9-23(19)32/h5-9,11-12,14-15,35H,4,10,13,16-17H2,1-3H3. The molecule has 2 atom stereocenters. The maximum absolute atomic E-state index is 14.0. The molecule has 194 valence electrons. The summed E-state index contributed by atoms with van der Waals surface area (Å²) in [6, 6.07) is 11.2. The molecule has 0 radical (unpaired) electrons. The molecule has 7 heteroatoms. The number of benzene rings is 2. The molecule has 0 bridgehead atoms. The van der Waals surface area contributed by atoms with Gasteiger partial charge in [-0.25, -0.2) is 9.07 Å². The van der Waals surface area contributed by atoms with E-state index in [0.29, 0.717) is 11.6 Å². The molecule has 3 aliphatic heterocycles. The lowest BCUT2D eigenvalue weighted by molar-refractivity contribution is 0.243. The number of halogens is 3. The van der Waals surface area contributed by atoms with Crippen LogP contribution in [0.5, 0.6) is 0 Å².